The average molecular weight is 329 g/mol. The van der Waals surface area contributed by atoms with Crippen molar-refractivity contribution in [2.24, 2.45) is 5.92 Å². The molecule has 0 radical (unpaired) electrons. The zero-order chi connectivity index (χ0) is 16.2. The summed E-state index contributed by atoms with van der Waals surface area (Å²) in [5.74, 6) is -0.549. The maximum Gasteiger partial charge on any atom is 0.243 e. The molecule has 0 amide bonds. The third-order valence-electron chi connectivity index (χ3n) is 3.91. The number of likely N-dealkylation sites (N-methyl/N-ethyl adjacent to an activating group) is 1. The van der Waals surface area contributed by atoms with Gasteiger partial charge in [-0.05, 0) is 25.1 Å². The average Bonchev–Trinajstić information content (AvgIpc) is 2.48. The van der Waals surface area contributed by atoms with Crippen LogP contribution in [0.1, 0.15) is 6.92 Å². The van der Waals surface area contributed by atoms with E-state index >= 15 is 0 Å². The Morgan fingerprint density at radius 2 is 1.86 bits per heavy atom. The quantitative estimate of drug-likeness (QED) is 0.846. The zero-order valence-corrected chi connectivity index (χ0v) is 13.9. The molecule has 1 aromatic rings. The van der Waals surface area contributed by atoms with Crippen LogP contribution in [0, 0.1) is 11.7 Å². The Bertz CT molecular complexity index is 586. The highest BCUT2D eigenvalue weighted by Crippen LogP contribution is 2.13. The van der Waals surface area contributed by atoms with Gasteiger partial charge in [-0.15, -0.1) is 0 Å². The molecule has 1 aliphatic heterocycles. The minimum atomic E-state index is -3.79. The van der Waals surface area contributed by atoms with E-state index in [1.165, 1.54) is 18.2 Å². The van der Waals surface area contributed by atoms with Crippen molar-refractivity contribution >= 4 is 10.0 Å². The lowest BCUT2D eigenvalue weighted by atomic mass is 10.1. The number of hydrogen-bond acceptors (Lipinski definition) is 4. The summed E-state index contributed by atoms with van der Waals surface area (Å²) in [6.45, 7) is 7.22. The number of nitrogens with zero attached hydrogens (tertiary/aromatic N) is 2. The Hall–Kier alpha value is -1.02. The first-order chi connectivity index (χ1) is 10.4. The van der Waals surface area contributed by atoms with Crippen LogP contribution >= 0.6 is 0 Å². The molecule has 0 spiro atoms. The molecule has 1 N–H and O–H groups in total. The number of sulfonamides is 1. The first-order valence-electron chi connectivity index (χ1n) is 7.53. The van der Waals surface area contributed by atoms with E-state index in [9.17, 15) is 12.8 Å². The normalized spacial score (nSPS) is 19.2. The van der Waals surface area contributed by atoms with E-state index in [-0.39, 0.29) is 10.8 Å². The van der Waals surface area contributed by atoms with Gasteiger partial charge in [0.25, 0.3) is 0 Å². The molecule has 5 nitrogen and oxygen atoms in total. The van der Waals surface area contributed by atoms with E-state index in [1.807, 2.05) is 6.92 Å². The van der Waals surface area contributed by atoms with Crippen LogP contribution < -0.4 is 4.72 Å². The van der Waals surface area contributed by atoms with Gasteiger partial charge in [-0.2, -0.15) is 0 Å². The predicted molar refractivity (Wildman–Crippen MR) is 84.7 cm³/mol. The second-order valence-electron chi connectivity index (χ2n) is 5.99. The molecular formula is C15H24FN3O2S. The Morgan fingerprint density at radius 3 is 2.50 bits per heavy atom. The lowest BCUT2D eigenvalue weighted by Gasteiger charge is -2.33. The Labute approximate surface area is 132 Å². The zero-order valence-electron chi connectivity index (χ0n) is 13.1. The van der Waals surface area contributed by atoms with Crippen molar-refractivity contribution < 1.29 is 12.8 Å². The minimum Gasteiger partial charge on any atom is -0.304 e. The Balaban J connectivity index is 1.85. The third kappa shape index (κ3) is 4.74. The lowest BCUT2D eigenvalue weighted by Crippen LogP contribution is -2.46. The molecule has 0 bridgehead atoms. The van der Waals surface area contributed by atoms with Gasteiger partial charge in [-0.25, -0.2) is 17.5 Å². The standard InChI is InChI=1S/C15H24FN3O2S/c1-13(12-19-9-7-18(2)8-10-19)11-17-22(20,21)15-6-4-3-5-14(15)16/h3-6,13,17H,7-12H2,1-2H3. The summed E-state index contributed by atoms with van der Waals surface area (Å²) in [6, 6.07) is 5.43. The highest BCUT2D eigenvalue weighted by atomic mass is 32.2. The fraction of sp³-hybridized carbons (Fsp3) is 0.600. The molecule has 1 fully saturated rings. The van der Waals surface area contributed by atoms with Crippen molar-refractivity contribution in [3.63, 3.8) is 0 Å². The molecule has 1 unspecified atom stereocenters. The van der Waals surface area contributed by atoms with Crippen LogP contribution in [0.2, 0.25) is 0 Å². The van der Waals surface area contributed by atoms with Crippen molar-refractivity contribution in [3.8, 4) is 0 Å². The van der Waals surface area contributed by atoms with Crippen molar-refractivity contribution in [1.82, 2.24) is 14.5 Å². The summed E-state index contributed by atoms with van der Waals surface area (Å²) in [5.41, 5.74) is 0. The van der Waals surface area contributed by atoms with Gasteiger partial charge in [0.2, 0.25) is 10.0 Å². The molecule has 1 atom stereocenters. The lowest BCUT2D eigenvalue weighted by molar-refractivity contribution is 0.139. The number of piperazine rings is 1. The van der Waals surface area contributed by atoms with E-state index in [0.29, 0.717) is 6.54 Å². The van der Waals surface area contributed by atoms with Crippen LogP contribution in [0.15, 0.2) is 29.2 Å². The highest BCUT2D eigenvalue weighted by molar-refractivity contribution is 7.89. The molecule has 0 saturated carbocycles. The monoisotopic (exact) mass is 329 g/mol. The van der Waals surface area contributed by atoms with Crippen LogP contribution in [0.5, 0.6) is 0 Å². The van der Waals surface area contributed by atoms with Crippen LogP contribution in [-0.2, 0) is 10.0 Å². The van der Waals surface area contributed by atoms with Crippen LogP contribution in [-0.4, -0.2) is 64.5 Å². The van der Waals surface area contributed by atoms with Gasteiger partial charge in [-0.1, -0.05) is 19.1 Å². The Morgan fingerprint density at radius 1 is 1.23 bits per heavy atom. The second-order valence-corrected chi connectivity index (χ2v) is 7.73. The van der Waals surface area contributed by atoms with E-state index in [1.54, 1.807) is 0 Å². The van der Waals surface area contributed by atoms with Crippen molar-refractivity contribution in [1.29, 1.82) is 0 Å². The van der Waals surface area contributed by atoms with Crippen molar-refractivity contribution in [3.05, 3.63) is 30.1 Å². The molecule has 22 heavy (non-hydrogen) atoms. The first-order valence-corrected chi connectivity index (χ1v) is 9.02. The summed E-state index contributed by atoms with van der Waals surface area (Å²) in [6.07, 6.45) is 0. The van der Waals surface area contributed by atoms with Gasteiger partial charge in [0.05, 0.1) is 0 Å². The predicted octanol–water partition coefficient (Wildman–Crippen LogP) is 0.988. The number of rotatable bonds is 6. The summed E-state index contributed by atoms with van der Waals surface area (Å²) < 4.78 is 40.3. The van der Waals surface area contributed by atoms with E-state index in [2.05, 4.69) is 21.6 Å². The van der Waals surface area contributed by atoms with Gasteiger partial charge in [-0.3, -0.25) is 0 Å². The maximum absolute atomic E-state index is 13.6. The van der Waals surface area contributed by atoms with Crippen LogP contribution in [0.25, 0.3) is 0 Å². The molecule has 1 heterocycles. The summed E-state index contributed by atoms with van der Waals surface area (Å²) in [4.78, 5) is 4.33. The van der Waals surface area contributed by atoms with Crippen LogP contribution in [0.3, 0.4) is 0 Å². The Kier molecular flexibility index (Phi) is 5.91. The van der Waals surface area contributed by atoms with Gasteiger partial charge in [0.1, 0.15) is 10.7 Å². The minimum absolute atomic E-state index is 0.171. The van der Waals surface area contributed by atoms with Crippen molar-refractivity contribution in [2.45, 2.75) is 11.8 Å². The molecule has 0 aromatic heterocycles. The number of nitrogens with one attached hydrogen (secondary N) is 1. The smallest absolute Gasteiger partial charge is 0.243 e. The molecule has 2 rings (SSSR count). The largest absolute Gasteiger partial charge is 0.304 e. The highest BCUT2D eigenvalue weighted by Gasteiger charge is 2.20. The molecule has 1 saturated heterocycles. The summed E-state index contributed by atoms with van der Waals surface area (Å²) in [5, 5.41) is 0. The number of benzene rings is 1. The number of hydrogen-bond donors (Lipinski definition) is 1. The van der Waals surface area contributed by atoms with Gasteiger partial charge < -0.3 is 9.80 Å². The molecule has 7 heteroatoms. The molecule has 0 aliphatic carbocycles. The van der Waals surface area contributed by atoms with E-state index in [0.717, 1.165) is 38.8 Å². The second kappa shape index (κ2) is 7.50. The van der Waals surface area contributed by atoms with E-state index in [4.69, 9.17) is 0 Å². The number of halogens is 1. The van der Waals surface area contributed by atoms with Gasteiger partial charge in [0, 0.05) is 39.3 Å². The maximum atomic E-state index is 13.6. The first kappa shape index (κ1) is 17.3. The fourth-order valence-corrected chi connectivity index (χ4v) is 3.77. The summed E-state index contributed by atoms with van der Waals surface area (Å²) in [7, 11) is -1.69. The topological polar surface area (TPSA) is 52.7 Å². The third-order valence-corrected chi connectivity index (χ3v) is 5.37. The molecule has 1 aliphatic rings. The van der Waals surface area contributed by atoms with E-state index < -0.39 is 15.8 Å². The van der Waals surface area contributed by atoms with Gasteiger partial charge >= 0.3 is 0 Å². The molecule has 124 valence electrons. The summed E-state index contributed by atoms with van der Waals surface area (Å²) >= 11 is 0. The fourth-order valence-electron chi connectivity index (χ4n) is 2.53. The van der Waals surface area contributed by atoms with Gasteiger partial charge in [0.15, 0.2) is 0 Å². The molecule has 1 aromatic carbocycles. The molecular weight excluding hydrogens is 305 g/mol. The SMILES string of the molecule is CC(CNS(=O)(=O)c1ccccc1F)CN1CCN(C)CC1. The van der Waals surface area contributed by atoms with Crippen molar-refractivity contribution in [2.75, 3.05) is 46.3 Å². The van der Waals surface area contributed by atoms with Crippen LogP contribution in [0.4, 0.5) is 4.39 Å².